The second-order valence-electron chi connectivity index (χ2n) is 15.9. The van der Waals surface area contributed by atoms with Crippen LogP contribution in [0.25, 0.3) is 0 Å². The average molecular weight is 809 g/mol. The van der Waals surface area contributed by atoms with Crippen LogP contribution in [-0.2, 0) is 19.1 Å². The van der Waals surface area contributed by atoms with Crippen LogP contribution in [0.3, 0.4) is 0 Å². The Labute approximate surface area is 343 Å². The Kier molecular flexibility index (Phi) is 20.9. The van der Waals surface area contributed by atoms with E-state index in [0.717, 1.165) is 12.8 Å². The van der Waals surface area contributed by atoms with E-state index < -0.39 is 35.6 Å². The number of rotatable bonds is 26. The van der Waals surface area contributed by atoms with Gasteiger partial charge in [0.1, 0.15) is 25.0 Å². The molecule has 0 aliphatic carbocycles. The monoisotopic (exact) mass is 809 g/mol. The molecular formula is C44H68N6O8. The van der Waals surface area contributed by atoms with Gasteiger partial charge in [-0.15, -0.1) is 0 Å². The SMILES string of the molecule is CCCCCCCCCCCCCCCCCCNC(=O)c1ccc(C(=O)N2CCN(C(CC=O)C(=O)OC[C@@H]3CNC[C@H](n4cc(C)c(=O)[nH]c4=O)O3)CC2)cc1. The number of aromatic amines is 1. The van der Waals surface area contributed by atoms with Crippen molar-refractivity contribution < 1.29 is 28.7 Å². The van der Waals surface area contributed by atoms with Crippen LogP contribution in [0.1, 0.15) is 149 Å². The topological polar surface area (TPSA) is 172 Å². The number of ether oxygens (including phenoxy) is 2. The molecule has 1 unspecified atom stereocenters. The van der Waals surface area contributed by atoms with E-state index >= 15 is 0 Å². The van der Waals surface area contributed by atoms with Crippen LogP contribution < -0.4 is 21.9 Å². The fourth-order valence-electron chi connectivity index (χ4n) is 7.67. The van der Waals surface area contributed by atoms with E-state index in [1.54, 1.807) is 36.1 Å². The second-order valence-corrected chi connectivity index (χ2v) is 15.9. The summed E-state index contributed by atoms with van der Waals surface area (Å²) in [6.07, 6.45) is 21.7. The van der Waals surface area contributed by atoms with Gasteiger partial charge >= 0.3 is 11.7 Å². The first-order valence-corrected chi connectivity index (χ1v) is 21.9. The number of aromatic nitrogens is 2. The number of morpholine rings is 1. The smallest absolute Gasteiger partial charge is 0.330 e. The highest BCUT2D eigenvalue weighted by atomic mass is 16.6. The van der Waals surface area contributed by atoms with Crippen molar-refractivity contribution in [2.45, 2.75) is 141 Å². The Bertz CT molecular complexity index is 1670. The molecule has 2 aliphatic rings. The standard InChI is InChI=1S/C44H68N6O8/c1-3-4-5-6-7-8-9-10-11-12-13-14-15-16-17-18-24-46-41(53)35-19-21-36(22-20-35)42(54)49-27-25-48(26-28-49)38(23-29-51)43(55)57-33-37-30-45-31-39(58-37)50-32-34(2)40(52)47-44(50)56/h19-22,29,32,37-39,45H,3-18,23-28,30-31,33H2,1-2H3,(H,46,53)(H,47,52,56)/t37-,38?,39+/m0/s1. The number of aryl methyl sites for hydroxylation is 1. The minimum absolute atomic E-state index is 0.0613. The second kappa shape index (κ2) is 26.1. The molecule has 0 radical (unpaired) electrons. The van der Waals surface area contributed by atoms with Crippen LogP contribution in [0, 0.1) is 6.92 Å². The Morgan fingerprint density at radius 1 is 0.828 bits per heavy atom. The van der Waals surface area contributed by atoms with E-state index in [1.165, 1.54) is 101 Å². The predicted octanol–water partition coefficient (Wildman–Crippen LogP) is 5.28. The van der Waals surface area contributed by atoms with Gasteiger partial charge in [-0.25, -0.2) is 4.79 Å². The van der Waals surface area contributed by atoms with Crippen molar-refractivity contribution in [3.05, 3.63) is 68.0 Å². The quantitative estimate of drug-likeness (QED) is 0.0645. The van der Waals surface area contributed by atoms with Gasteiger partial charge in [-0.2, -0.15) is 0 Å². The number of unbranched alkanes of at least 4 members (excludes halogenated alkanes) is 15. The summed E-state index contributed by atoms with van der Waals surface area (Å²) in [6.45, 7) is 6.55. The van der Waals surface area contributed by atoms with Crippen LogP contribution in [0.2, 0.25) is 0 Å². The molecule has 3 atom stereocenters. The van der Waals surface area contributed by atoms with Crippen LogP contribution in [-0.4, -0.2) is 108 Å². The summed E-state index contributed by atoms with van der Waals surface area (Å²) in [6, 6.07) is 5.88. The molecule has 58 heavy (non-hydrogen) atoms. The summed E-state index contributed by atoms with van der Waals surface area (Å²) in [5, 5.41) is 6.16. The normalized spacial score (nSPS) is 17.8. The van der Waals surface area contributed by atoms with Gasteiger partial charge in [0.15, 0.2) is 6.23 Å². The number of nitrogens with one attached hydrogen (secondary N) is 3. The predicted molar refractivity (Wildman–Crippen MR) is 224 cm³/mol. The van der Waals surface area contributed by atoms with Gasteiger partial charge in [0.05, 0.1) is 0 Å². The number of amides is 2. The number of benzene rings is 1. The first-order chi connectivity index (χ1) is 28.2. The molecule has 1 aromatic carbocycles. The summed E-state index contributed by atoms with van der Waals surface area (Å²) in [4.78, 5) is 80.7. The number of aldehydes is 1. The molecule has 2 saturated heterocycles. The molecule has 2 fully saturated rings. The van der Waals surface area contributed by atoms with Crippen molar-refractivity contribution in [3.63, 3.8) is 0 Å². The van der Waals surface area contributed by atoms with Crippen LogP contribution >= 0.6 is 0 Å². The van der Waals surface area contributed by atoms with Gasteiger partial charge in [-0.05, 0) is 37.6 Å². The molecule has 14 heteroatoms. The van der Waals surface area contributed by atoms with Crippen LogP contribution in [0.15, 0.2) is 40.1 Å². The molecule has 0 saturated carbocycles. The number of H-pyrrole nitrogens is 1. The number of hydrogen-bond donors (Lipinski definition) is 3. The zero-order valence-electron chi connectivity index (χ0n) is 35.0. The van der Waals surface area contributed by atoms with Gasteiger partial charge < -0.3 is 29.8 Å². The van der Waals surface area contributed by atoms with Gasteiger partial charge in [0.25, 0.3) is 17.4 Å². The minimum atomic E-state index is -0.816. The highest BCUT2D eigenvalue weighted by molar-refractivity contribution is 5.97. The molecule has 3 heterocycles. The number of nitrogens with zero attached hydrogens (tertiary/aromatic N) is 3. The molecular weight excluding hydrogens is 741 g/mol. The molecule has 2 aromatic rings. The van der Waals surface area contributed by atoms with Crippen LogP contribution in [0.4, 0.5) is 0 Å². The van der Waals surface area contributed by atoms with E-state index in [2.05, 4.69) is 22.5 Å². The fourth-order valence-corrected chi connectivity index (χ4v) is 7.67. The van der Waals surface area contributed by atoms with Crippen molar-refractivity contribution in [2.24, 2.45) is 0 Å². The summed E-state index contributed by atoms with van der Waals surface area (Å²) >= 11 is 0. The molecule has 0 spiro atoms. The number of esters is 1. The minimum Gasteiger partial charge on any atom is -0.462 e. The van der Waals surface area contributed by atoms with Gasteiger partial charge in [0, 0.05) is 75.1 Å². The molecule has 4 rings (SSSR count). The molecule has 1 aromatic heterocycles. The van der Waals surface area contributed by atoms with E-state index in [1.807, 2.05) is 4.90 Å². The van der Waals surface area contributed by atoms with E-state index in [4.69, 9.17) is 9.47 Å². The molecule has 2 amide bonds. The maximum atomic E-state index is 13.3. The van der Waals surface area contributed by atoms with Crippen LogP contribution in [0.5, 0.6) is 0 Å². The van der Waals surface area contributed by atoms with E-state index in [-0.39, 0.29) is 24.8 Å². The summed E-state index contributed by atoms with van der Waals surface area (Å²) < 4.78 is 12.9. The first kappa shape index (κ1) is 46.5. The number of piperazine rings is 1. The maximum absolute atomic E-state index is 13.3. The Balaban J connectivity index is 1.08. The number of hydrogen-bond acceptors (Lipinski definition) is 10. The highest BCUT2D eigenvalue weighted by Crippen LogP contribution is 2.18. The molecule has 2 aliphatic heterocycles. The van der Waals surface area contributed by atoms with Crippen molar-refractivity contribution in [2.75, 3.05) is 52.4 Å². The first-order valence-electron chi connectivity index (χ1n) is 21.9. The highest BCUT2D eigenvalue weighted by Gasteiger charge is 2.33. The molecule has 0 bridgehead atoms. The Morgan fingerprint density at radius 3 is 1.98 bits per heavy atom. The lowest BCUT2D eigenvalue weighted by Crippen LogP contribution is -2.54. The lowest BCUT2D eigenvalue weighted by Gasteiger charge is -2.38. The number of carbonyl (C=O) groups excluding carboxylic acids is 4. The van der Waals surface area contributed by atoms with Crippen molar-refractivity contribution in [3.8, 4) is 0 Å². The zero-order chi connectivity index (χ0) is 41.5. The lowest BCUT2D eigenvalue weighted by molar-refractivity contribution is -0.161. The maximum Gasteiger partial charge on any atom is 0.330 e. The lowest BCUT2D eigenvalue weighted by atomic mass is 10.0. The van der Waals surface area contributed by atoms with E-state index in [9.17, 15) is 28.8 Å². The third kappa shape index (κ3) is 15.6. The summed E-state index contributed by atoms with van der Waals surface area (Å²) in [5.41, 5.74) is 0.290. The third-order valence-corrected chi connectivity index (χ3v) is 11.3. The van der Waals surface area contributed by atoms with Gasteiger partial charge in [-0.3, -0.25) is 33.6 Å². The Morgan fingerprint density at radius 2 is 1.40 bits per heavy atom. The average Bonchev–Trinajstić information content (AvgIpc) is 3.24. The third-order valence-electron chi connectivity index (χ3n) is 11.3. The zero-order valence-corrected chi connectivity index (χ0v) is 35.0. The van der Waals surface area contributed by atoms with Crippen molar-refractivity contribution in [1.29, 1.82) is 0 Å². The molecule has 14 nitrogen and oxygen atoms in total. The van der Waals surface area contributed by atoms with Crippen molar-refractivity contribution in [1.82, 2.24) is 30.0 Å². The largest absolute Gasteiger partial charge is 0.462 e. The van der Waals surface area contributed by atoms with Gasteiger partial charge in [0.2, 0.25) is 0 Å². The fraction of sp³-hybridized carbons (Fsp3) is 0.682. The number of carbonyl (C=O) groups is 4. The van der Waals surface area contributed by atoms with E-state index in [0.29, 0.717) is 68.8 Å². The summed E-state index contributed by atoms with van der Waals surface area (Å²) in [5.74, 6) is -0.881. The molecule has 322 valence electrons. The molecule has 3 N–H and O–H groups in total. The van der Waals surface area contributed by atoms with Gasteiger partial charge in [-0.1, -0.05) is 103 Å². The van der Waals surface area contributed by atoms with Crippen molar-refractivity contribution >= 4 is 24.1 Å². The Hall–Kier alpha value is -4.14. The summed E-state index contributed by atoms with van der Waals surface area (Å²) in [7, 11) is 0.